The number of nitrogens with zero attached hydrogens (tertiary/aromatic N) is 1. The standard InChI is InChI=1S/C23H23F3N2O5S/c1-14-6-8-16(9-7-14)34(31,32)27-22(23(24,25)26)19-17(11-21(2,3)12-18(19)29)28(20(22)30)13-15-5-4-10-33-15/h4-10,27H,11-13H2,1-3H3. The van der Waals surface area contributed by atoms with Crippen LogP contribution in [0.15, 0.2) is 63.2 Å². The van der Waals surface area contributed by atoms with Crippen LogP contribution in [0.4, 0.5) is 13.2 Å². The van der Waals surface area contributed by atoms with Crippen LogP contribution >= 0.6 is 0 Å². The van der Waals surface area contributed by atoms with Crippen LogP contribution in [0.2, 0.25) is 0 Å². The fraction of sp³-hybridized carbons (Fsp3) is 0.391. The summed E-state index contributed by atoms with van der Waals surface area (Å²) in [6.45, 7) is 4.72. The Balaban J connectivity index is 1.92. The molecular weight excluding hydrogens is 473 g/mol. The molecule has 7 nitrogen and oxygen atoms in total. The largest absolute Gasteiger partial charge is 0.467 e. The van der Waals surface area contributed by atoms with Gasteiger partial charge in [-0.3, -0.25) is 9.59 Å². The number of hydrogen-bond acceptors (Lipinski definition) is 5. The second kappa shape index (κ2) is 7.81. The molecule has 0 bridgehead atoms. The highest BCUT2D eigenvalue weighted by molar-refractivity contribution is 7.89. The van der Waals surface area contributed by atoms with Gasteiger partial charge < -0.3 is 9.32 Å². The van der Waals surface area contributed by atoms with Gasteiger partial charge >= 0.3 is 6.18 Å². The van der Waals surface area contributed by atoms with E-state index >= 15 is 0 Å². The van der Waals surface area contributed by atoms with Gasteiger partial charge in [0.25, 0.3) is 5.91 Å². The molecule has 2 aliphatic rings. The topological polar surface area (TPSA) is 96.7 Å². The summed E-state index contributed by atoms with van der Waals surface area (Å²) in [5.74, 6) is -2.32. The second-order valence-corrected chi connectivity index (χ2v) is 11.1. The molecule has 1 unspecified atom stereocenters. The summed E-state index contributed by atoms with van der Waals surface area (Å²) in [6.07, 6.45) is -4.42. The van der Waals surface area contributed by atoms with Crippen molar-refractivity contribution >= 4 is 21.7 Å². The van der Waals surface area contributed by atoms with Crippen LogP contribution < -0.4 is 4.72 Å². The normalized spacial score (nSPS) is 22.9. The minimum Gasteiger partial charge on any atom is -0.467 e. The predicted molar refractivity (Wildman–Crippen MR) is 115 cm³/mol. The molecule has 182 valence electrons. The molecule has 1 aromatic carbocycles. The van der Waals surface area contributed by atoms with Gasteiger partial charge in [0.05, 0.1) is 23.3 Å². The van der Waals surface area contributed by atoms with Crippen molar-refractivity contribution in [2.75, 3.05) is 0 Å². The third-order valence-corrected chi connectivity index (χ3v) is 7.52. The SMILES string of the molecule is Cc1ccc(S(=O)(=O)NC2(C(F)(F)F)C(=O)N(Cc3ccco3)C3=C2C(=O)CC(C)(C)C3)cc1. The minimum atomic E-state index is -5.43. The first-order chi connectivity index (χ1) is 15.7. The quantitative estimate of drug-likeness (QED) is 0.678. The van der Waals surface area contributed by atoms with E-state index in [0.29, 0.717) is 5.56 Å². The van der Waals surface area contributed by atoms with E-state index < -0.39 is 49.3 Å². The monoisotopic (exact) mass is 496 g/mol. The van der Waals surface area contributed by atoms with Crippen molar-refractivity contribution in [1.29, 1.82) is 0 Å². The first-order valence-electron chi connectivity index (χ1n) is 10.5. The number of furan rings is 1. The highest BCUT2D eigenvalue weighted by Crippen LogP contribution is 2.52. The summed E-state index contributed by atoms with van der Waals surface area (Å²) in [5.41, 5.74) is -4.79. The van der Waals surface area contributed by atoms with E-state index in [2.05, 4.69) is 0 Å². The third kappa shape index (κ3) is 3.86. The van der Waals surface area contributed by atoms with Crippen molar-refractivity contribution in [2.45, 2.75) is 56.8 Å². The van der Waals surface area contributed by atoms with Gasteiger partial charge in [-0.2, -0.15) is 17.9 Å². The average molecular weight is 497 g/mol. The fourth-order valence-corrected chi connectivity index (χ4v) is 5.82. The molecular formula is C23H23F3N2O5S. The number of rotatable bonds is 5. The van der Waals surface area contributed by atoms with Gasteiger partial charge in [0, 0.05) is 12.1 Å². The summed E-state index contributed by atoms with van der Waals surface area (Å²) >= 11 is 0. The van der Waals surface area contributed by atoms with E-state index in [0.717, 1.165) is 17.0 Å². The van der Waals surface area contributed by atoms with Crippen LogP contribution in [0.1, 0.15) is 38.0 Å². The molecule has 0 spiro atoms. The molecule has 1 aromatic heterocycles. The van der Waals surface area contributed by atoms with Gasteiger partial charge in [-0.1, -0.05) is 31.5 Å². The number of Topliss-reactive ketones (excluding diaryl/α,β-unsaturated/α-hetero) is 1. The van der Waals surface area contributed by atoms with Crippen molar-refractivity contribution in [1.82, 2.24) is 9.62 Å². The third-order valence-electron chi connectivity index (χ3n) is 6.06. The Morgan fingerprint density at radius 1 is 1.09 bits per heavy atom. The number of amides is 1. The Hall–Kier alpha value is -2.92. The Bertz CT molecular complexity index is 1280. The molecule has 1 atom stereocenters. The number of nitrogens with one attached hydrogen (secondary N) is 1. The highest BCUT2D eigenvalue weighted by Gasteiger charge is 2.72. The summed E-state index contributed by atoms with van der Waals surface area (Å²) in [6, 6.07) is 8.12. The number of sulfonamides is 1. The van der Waals surface area contributed by atoms with Gasteiger partial charge in [-0.15, -0.1) is 0 Å². The molecule has 1 aliphatic heterocycles. The summed E-state index contributed by atoms with van der Waals surface area (Å²) in [5, 5.41) is 0. The number of carbonyl (C=O) groups excluding carboxylic acids is 2. The van der Waals surface area contributed by atoms with Crippen LogP contribution in [0.5, 0.6) is 0 Å². The Labute approximate surface area is 194 Å². The van der Waals surface area contributed by atoms with Crippen LogP contribution in [0.3, 0.4) is 0 Å². The molecule has 1 aliphatic carbocycles. The lowest BCUT2D eigenvalue weighted by molar-refractivity contribution is -0.189. The number of alkyl halides is 3. The maximum Gasteiger partial charge on any atom is 0.421 e. The zero-order valence-electron chi connectivity index (χ0n) is 18.7. The summed E-state index contributed by atoms with van der Waals surface area (Å²) in [4.78, 5) is 27.0. The second-order valence-electron chi connectivity index (χ2n) is 9.40. The van der Waals surface area contributed by atoms with E-state index in [1.165, 1.54) is 30.5 Å². The number of halogens is 3. The molecule has 1 N–H and O–H groups in total. The molecule has 1 amide bonds. The van der Waals surface area contributed by atoms with E-state index in [1.54, 1.807) is 25.5 Å². The minimum absolute atomic E-state index is 0.0232. The summed E-state index contributed by atoms with van der Waals surface area (Å²) in [7, 11) is -4.85. The number of allylic oxidation sites excluding steroid dienone is 1. The van der Waals surface area contributed by atoms with E-state index in [9.17, 15) is 31.2 Å². The van der Waals surface area contributed by atoms with E-state index in [1.807, 2.05) is 0 Å². The Kier molecular flexibility index (Phi) is 5.56. The van der Waals surface area contributed by atoms with Gasteiger partial charge in [0.1, 0.15) is 5.76 Å². The van der Waals surface area contributed by atoms with Crippen LogP contribution in [-0.4, -0.2) is 36.7 Å². The van der Waals surface area contributed by atoms with Gasteiger partial charge in [-0.05, 0) is 43.0 Å². The van der Waals surface area contributed by atoms with Crippen molar-refractivity contribution in [3.05, 3.63) is 65.3 Å². The molecule has 2 heterocycles. The number of aryl methyl sites for hydroxylation is 1. The highest BCUT2D eigenvalue weighted by atomic mass is 32.2. The lowest BCUT2D eigenvalue weighted by Gasteiger charge is -2.35. The number of benzene rings is 1. The first-order valence-corrected chi connectivity index (χ1v) is 11.9. The van der Waals surface area contributed by atoms with Gasteiger partial charge in [0.15, 0.2) is 5.78 Å². The smallest absolute Gasteiger partial charge is 0.421 e. The fourth-order valence-electron chi connectivity index (χ4n) is 4.50. The molecule has 0 saturated carbocycles. The zero-order valence-corrected chi connectivity index (χ0v) is 19.5. The maximum absolute atomic E-state index is 14.8. The Morgan fingerprint density at radius 3 is 2.29 bits per heavy atom. The van der Waals surface area contributed by atoms with Crippen molar-refractivity contribution in [3.63, 3.8) is 0 Å². The lowest BCUT2D eigenvalue weighted by atomic mass is 9.72. The maximum atomic E-state index is 14.8. The van der Waals surface area contributed by atoms with Crippen molar-refractivity contribution in [3.8, 4) is 0 Å². The number of carbonyl (C=O) groups is 2. The Morgan fingerprint density at radius 2 is 1.74 bits per heavy atom. The van der Waals surface area contributed by atoms with Gasteiger partial charge in [-0.25, -0.2) is 8.42 Å². The lowest BCUT2D eigenvalue weighted by Crippen LogP contribution is -2.66. The molecule has 4 rings (SSSR count). The molecule has 34 heavy (non-hydrogen) atoms. The van der Waals surface area contributed by atoms with Crippen molar-refractivity contribution in [2.24, 2.45) is 5.41 Å². The number of hydrogen-bond donors (Lipinski definition) is 1. The van der Waals surface area contributed by atoms with Crippen LogP contribution in [0, 0.1) is 12.3 Å². The molecule has 0 radical (unpaired) electrons. The first kappa shape index (κ1) is 24.2. The summed E-state index contributed by atoms with van der Waals surface area (Å²) < 4.78 is 77.4. The van der Waals surface area contributed by atoms with Crippen molar-refractivity contribution < 1.29 is 35.6 Å². The van der Waals surface area contributed by atoms with Gasteiger partial charge in [0.2, 0.25) is 15.6 Å². The number of ketones is 1. The molecule has 11 heteroatoms. The van der Waals surface area contributed by atoms with Crippen LogP contribution in [0.25, 0.3) is 0 Å². The average Bonchev–Trinajstić information content (AvgIpc) is 3.28. The molecule has 0 fully saturated rings. The predicted octanol–water partition coefficient (Wildman–Crippen LogP) is 3.85. The molecule has 2 aromatic rings. The van der Waals surface area contributed by atoms with Crippen LogP contribution in [-0.2, 0) is 26.2 Å². The molecule has 0 saturated heterocycles. The zero-order chi connectivity index (χ0) is 25.1. The van der Waals surface area contributed by atoms with E-state index in [4.69, 9.17) is 4.42 Å². The van der Waals surface area contributed by atoms with E-state index in [-0.39, 0.29) is 30.8 Å².